The monoisotopic (exact) mass is 299 g/mol. The number of benzene rings is 1. The van der Waals surface area contributed by atoms with Crippen molar-refractivity contribution in [2.75, 3.05) is 11.3 Å². The van der Waals surface area contributed by atoms with Gasteiger partial charge in [-0.05, 0) is 31.0 Å². The fraction of sp³-hybridized carbons (Fsp3) is 0.333. The Bertz CT molecular complexity index is 630. The molecule has 1 aliphatic carbocycles. The summed E-state index contributed by atoms with van der Waals surface area (Å²) in [6, 6.07) is 4.82. The molecule has 1 fully saturated rings. The second-order valence-corrected chi connectivity index (χ2v) is 6.08. The van der Waals surface area contributed by atoms with Gasteiger partial charge in [-0.15, -0.1) is 0 Å². The van der Waals surface area contributed by atoms with Crippen molar-refractivity contribution >= 4 is 27.5 Å². The molecule has 1 saturated carbocycles. The molecule has 1 aromatic carbocycles. The van der Waals surface area contributed by atoms with Crippen LogP contribution in [0.5, 0.6) is 0 Å². The summed E-state index contributed by atoms with van der Waals surface area (Å²) in [5, 5.41) is 0.486. The molecule has 0 aromatic heterocycles. The van der Waals surface area contributed by atoms with Crippen LogP contribution in [-0.4, -0.2) is 21.0 Å². The predicted molar refractivity (Wildman–Crippen MR) is 76.1 cm³/mol. The van der Waals surface area contributed by atoms with Gasteiger partial charge in [0.1, 0.15) is 0 Å². The van der Waals surface area contributed by atoms with E-state index in [9.17, 15) is 8.42 Å². The molecule has 0 heterocycles. The van der Waals surface area contributed by atoms with Crippen LogP contribution >= 0.6 is 11.6 Å². The van der Waals surface area contributed by atoms with Gasteiger partial charge in [-0.1, -0.05) is 23.4 Å². The Balaban J connectivity index is 2.23. The third kappa shape index (κ3) is 4.40. The fourth-order valence-corrected chi connectivity index (χ4v) is 2.82. The van der Waals surface area contributed by atoms with E-state index in [1.165, 1.54) is 0 Å². The summed E-state index contributed by atoms with van der Waals surface area (Å²) in [6.07, 6.45) is 1.75. The number of nitrogens with two attached hydrogens (primary N) is 1. The third-order valence-corrected chi connectivity index (χ3v) is 3.82. The number of rotatable bonds is 4. The molecule has 0 saturated heterocycles. The third-order valence-electron chi connectivity index (χ3n) is 2.45. The average molecular weight is 300 g/mol. The smallest absolute Gasteiger partial charge is 0.299 e. The molecule has 1 aliphatic rings. The average Bonchev–Trinajstić information content (AvgIpc) is 3.12. The lowest BCUT2D eigenvalue weighted by Gasteiger charge is -2.10. The van der Waals surface area contributed by atoms with Gasteiger partial charge in [0.15, 0.2) is 0 Å². The molecule has 102 valence electrons. The first-order valence-corrected chi connectivity index (χ1v) is 7.65. The highest BCUT2D eigenvalue weighted by Crippen LogP contribution is 2.23. The van der Waals surface area contributed by atoms with Crippen molar-refractivity contribution in [2.45, 2.75) is 18.9 Å². The lowest BCUT2D eigenvalue weighted by molar-refractivity contribution is 0.586. The molecule has 5 nitrogen and oxygen atoms in total. The maximum atomic E-state index is 11.8. The van der Waals surface area contributed by atoms with Crippen LogP contribution < -0.4 is 15.2 Å². The normalized spacial score (nSPS) is 14.6. The van der Waals surface area contributed by atoms with E-state index >= 15 is 0 Å². The molecule has 0 radical (unpaired) electrons. The Labute approximate surface area is 117 Å². The second kappa shape index (κ2) is 5.80. The van der Waals surface area contributed by atoms with Gasteiger partial charge in [-0.25, -0.2) is 0 Å². The van der Waals surface area contributed by atoms with Gasteiger partial charge in [0.05, 0.1) is 17.8 Å². The van der Waals surface area contributed by atoms with E-state index in [2.05, 4.69) is 21.3 Å². The molecule has 19 heavy (non-hydrogen) atoms. The van der Waals surface area contributed by atoms with Crippen molar-refractivity contribution in [3.63, 3.8) is 0 Å². The van der Waals surface area contributed by atoms with Crippen molar-refractivity contribution in [1.82, 2.24) is 4.72 Å². The first-order chi connectivity index (χ1) is 9.00. The van der Waals surface area contributed by atoms with Gasteiger partial charge in [-0.3, -0.25) is 4.72 Å². The molecule has 0 spiro atoms. The van der Waals surface area contributed by atoms with E-state index in [1.54, 1.807) is 18.2 Å². The molecular weight excluding hydrogens is 286 g/mol. The van der Waals surface area contributed by atoms with E-state index in [0.717, 1.165) is 12.8 Å². The van der Waals surface area contributed by atoms with E-state index in [-0.39, 0.29) is 12.6 Å². The topological polar surface area (TPSA) is 84.2 Å². The first kappa shape index (κ1) is 14.2. The van der Waals surface area contributed by atoms with E-state index in [4.69, 9.17) is 17.3 Å². The maximum Gasteiger partial charge on any atom is 0.299 e. The van der Waals surface area contributed by atoms with Crippen LogP contribution in [0.25, 0.3) is 0 Å². The largest absolute Gasteiger partial charge is 0.320 e. The first-order valence-electron chi connectivity index (χ1n) is 5.79. The summed E-state index contributed by atoms with van der Waals surface area (Å²) in [4.78, 5) is 0. The Morgan fingerprint density at radius 2 is 2.16 bits per heavy atom. The van der Waals surface area contributed by atoms with Crippen LogP contribution in [0.2, 0.25) is 5.02 Å². The van der Waals surface area contributed by atoms with Gasteiger partial charge < -0.3 is 5.73 Å². The SMILES string of the molecule is NCC#Cc1cc(Cl)ccc1NS(=O)(=O)NC1CC1. The minimum Gasteiger partial charge on any atom is -0.320 e. The quantitative estimate of drug-likeness (QED) is 0.727. The Morgan fingerprint density at radius 3 is 2.79 bits per heavy atom. The summed E-state index contributed by atoms with van der Waals surface area (Å²) in [5.74, 6) is 5.47. The van der Waals surface area contributed by atoms with Gasteiger partial charge in [0.2, 0.25) is 0 Å². The number of halogens is 1. The van der Waals surface area contributed by atoms with E-state index < -0.39 is 10.2 Å². The second-order valence-electron chi connectivity index (χ2n) is 4.19. The summed E-state index contributed by atoms with van der Waals surface area (Å²) >= 11 is 5.87. The zero-order valence-electron chi connectivity index (χ0n) is 10.1. The number of nitrogens with one attached hydrogen (secondary N) is 2. The van der Waals surface area contributed by atoms with Gasteiger partial charge in [0, 0.05) is 11.1 Å². The molecule has 0 atom stereocenters. The highest BCUT2D eigenvalue weighted by atomic mass is 35.5. The van der Waals surface area contributed by atoms with Crippen molar-refractivity contribution in [3.8, 4) is 11.8 Å². The van der Waals surface area contributed by atoms with Crippen molar-refractivity contribution in [1.29, 1.82) is 0 Å². The summed E-state index contributed by atoms with van der Waals surface area (Å²) in [6.45, 7) is 0.193. The van der Waals surface area contributed by atoms with E-state index in [1.807, 2.05) is 0 Å². The minimum atomic E-state index is -3.57. The molecule has 4 N–H and O–H groups in total. The Morgan fingerprint density at radius 1 is 1.42 bits per heavy atom. The van der Waals surface area contributed by atoms with Gasteiger partial charge in [0.25, 0.3) is 10.2 Å². The van der Waals surface area contributed by atoms with Crippen molar-refractivity contribution in [2.24, 2.45) is 5.73 Å². The van der Waals surface area contributed by atoms with Gasteiger partial charge in [-0.2, -0.15) is 13.1 Å². The summed E-state index contributed by atoms with van der Waals surface area (Å²) in [7, 11) is -3.57. The number of hydrogen-bond acceptors (Lipinski definition) is 3. The molecule has 7 heteroatoms. The Kier molecular flexibility index (Phi) is 4.32. The highest BCUT2D eigenvalue weighted by molar-refractivity contribution is 7.90. The molecular formula is C12H14ClN3O2S. The van der Waals surface area contributed by atoms with E-state index in [0.29, 0.717) is 16.3 Å². The van der Waals surface area contributed by atoms with Crippen LogP contribution in [0.3, 0.4) is 0 Å². The zero-order valence-corrected chi connectivity index (χ0v) is 11.7. The highest BCUT2D eigenvalue weighted by Gasteiger charge is 2.27. The molecule has 0 amide bonds. The maximum absolute atomic E-state index is 11.8. The zero-order chi connectivity index (χ0) is 13.9. The molecule has 0 aliphatic heterocycles. The summed E-state index contributed by atoms with van der Waals surface area (Å²) < 4.78 is 28.7. The predicted octanol–water partition coefficient (Wildman–Crippen LogP) is 1.06. The molecule has 2 rings (SSSR count). The summed E-state index contributed by atoms with van der Waals surface area (Å²) in [5.41, 5.74) is 6.19. The molecule has 0 unspecified atom stereocenters. The van der Waals surface area contributed by atoms with Gasteiger partial charge >= 0.3 is 0 Å². The van der Waals surface area contributed by atoms with Crippen LogP contribution in [0.4, 0.5) is 5.69 Å². The lowest BCUT2D eigenvalue weighted by atomic mass is 10.2. The van der Waals surface area contributed by atoms with Crippen LogP contribution in [0, 0.1) is 11.8 Å². The van der Waals surface area contributed by atoms with Crippen LogP contribution in [-0.2, 0) is 10.2 Å². The number of hydrogen-bond donors (Lipinski definition) is 3. The van der Waals surface area contributed by atoms with Crippen LogP contribution in [0.15, 0.2) is 18.2 Å². The van der Waals surface area contributed by atoms with Crippen molar-refractivity contribution in [3.05, 3.63) is 28.8 Å². The lowest BCUT2D eigenvalue weighted by Crippen LogP contribution is -2.32. The van der Waals surface area contributed by atoms with Crippen molar-refractivity contribution < 1.29 is 8.42 Å². The minimum absolute atomic E-state index is 0.0448. The van der Waals surface area contributed by atoms with Crippen LogP contribution in [0.1, 0.15) is 18.4 Å². The Hall–Kier alpha value is -1.26. The molecule has 1 aromatic rings. The fourth-order valence-electron chi connectivity index (χ4n) is 1.45. The number of anilines is 1. The standard InChI is InChI=1S/C12H14ClN3O2S/c13-10-3-6-12(9(8-10)2-1-7-14)16-19(17,18)15-11-4-5-11/h3,6,8,11,15-16H,4-5,7,14H2. The molecule has 0 bridgehead atoms.